The highest BCUT2D eigenvalue weighted by atomic mass is 79.9. The molecule has 0 radical (unpaired) electrons. The Labute approximate surface area is 199 Å². The van der Waals surface area contributed by atoms with Crippen molar-refractivity contribution in [3.63, 3.8) is 0 Å². The fourth-order valence-corrected chi connectivity index (χ4v) is 6.10. The largest absolute Gasteiger partial charge is 0.356 e. The summed E-state index contributed by atoms with van der Waals surface area (Å²) in [5.74, 6) is 1.27. The number of halogens is 1. The fourth-order valence-electron chi connectivity index (χ4n) is 5.57. The Kier molecular flexibility index (Phi) is 9.19. The van der Waals surface area contributed by atoms with Crippen LogP contribution in [0.2, 0.25) is 0 Å². The molecule has 5 atom stereocenters. The molecular formula is C22H39BrN6O3. The standard InChI is InChI=1S/C22H39BrN6O3/c23-15-8-6-14(7-9-15)20-26-19(32-29-20)11-10-18(30)24-12-3-13-25-21-16-4-1-2-5-17(16)22(31)28-27-21/h14-17,19-21,25-27,29H,1-13H2,(H,24,30)(H,28,31). The Morgan fingerprint density at radius 3 is 2.75 bits per heavy atom. The first-order chi connectivity index (χ1) is 15.6. The van der Waals surface area contributed by atoms with Crippen molar-refractivity contribution in [3.05, 3.63) is 0 Å². The highest BCUT2D eigenvalue weighted by Crippen LogP contribution is 2.33. The molecule has 6 N–H and O–H groups in total. The van der Waals surface area contributed by atoms with Gasteiger partial charge in [-0.05, 0) is 63.8 Å². The van der Waals surface area contributed by atoms with Crippen LogP contribution in [0.25, 0.3) is 0 Å². The third kappa shape index (κ3) is 6.64. The molecule has 0 aromatic rings. The van der Waals surface area contributed by atoms with Crippen molar-refractivity contribution in [1.82, 2.24) is 32.3 Å². The summed E-state index contributed by atoms with van der Waals surface area (Å²) in [5.41, 5.74) is 9.06. The van der Waals surface area contributed by atoms with Crippen LogP contribution in [0.15, 0.2) is 0 Å². The van der Waals surface area contributed by atoms with Gasteiger partial charge in [0.25, 0.3) is 0 Å². The Hall–Kier alpha value is -0.780. The average molecular weight is 515 g/mol. The summed E-state index contributed by atoms with van der Waals surface area (Å²) < 4.78 is 0. The van der Waals surface area contributed by atoms with Crippen LogP contribution < -0.4 is 32.3 Å². The second-order valence-corrected chi connectivity index (χ2v) is 11.0. The quantitative estimate of drug-likeness (QED) is 0.203. The molecule has 0 aromatic carbocycles. The highest BCUT2D eigenvalue weighted by Gasteiger charge is 2.39. The zero-order chi connectivity index (χ0) is 22.3. The van der Waals surface area contributed by atoms with E-state index in [0.717, 1.165) is 32.2 Å². The van der Waals surface area contributed by atoms with E-state index in [1.54, 1.807) is 0 Å². The summed E-state index contributed by atoms with van der Waals surface area (Å²) in [6.45, 7) is 1.45. The number of hydrogen-bond acceptors (Lipinski definition) is 7. The van der Waals surface area contributed by atoms with Gasteiger partial charge in [-0.25, -0.2) is 5.43 Å². The zero-order valence-electron chi connectivity index (χ0n) is 18.8. The van der Waals surface area contributed by atoms with Gasteiger partial charge in [0.1, 0.15) is 6.23 Å². The molecule has 4 fully saturated rings. The predicted octanol–water partition coefficient (Wildman–Crippen LogP) is 1.36. The minimum absolute atomic E-state index is 0.0639. The molecule has 10 heteroatoms. The van der Waals surface area contributed by atoms with Crippen LogP contribution in [-0.2, 0) is 14.4 Å². The molecule has 9 nitrogen and oxygen atoms in total. The summed E-state index contributed by atoms with van der Waals surface area (Å²) in [4.78, 5) is 30.5. The van der Waals surface area contributed by atoms with Gasteiger partial charge in [-0.2, -0.15) is 5.48 Å². The second kappa shape index (κ2) is 12.1. The van der Waals surface area contributed by atoms with Crippen LogP contribution >= 0.6 is 15.9 Å². The molecular weight excluding hydrogens is 476 g/mol. The normalized spacial score (nSPS) is 37.5. The van der Waals surface area contributed by atoms with Crippen LogP contribution in [0.4, 0.5) is 0 Å². The lowest BCUT2D eigenvalue weighted by molar-refractivity contribution is -0.134. The van der Waals surface area contributed by atoms with Crippen LogP contribution in [0.1, 0.15) is 70.6 Å². The molecule has 2 amide bonds. The lowest BCUT2D eigenvalue weighted by Gasteiger charge is -2.41. The van der Waals surface area contributed by atoms with E-state index < -0.39 is 0 Å². The van der Waals surface area contributed by atoms with Gasteiger partial charge in [0, 0.05) is 29.6 Å². The molecule has 5 unspecified atom stereocenters. The van der Waals surface area contributed by atoms with Crippen LogP contribution in [0.5, 0.6) is 0 Å². The Morgan fingerprint density at radius 1 is 1.09 bits per heavy atom. The Balaban J connectivity index is 1.05. The van der Waals surface area contributed by atoms with Crippen molar-refractivity contribution in [2.75, 3.05) is 13.1 Å². The van der Waals surface area contributed by atoms with E-state index in [4.69, 9.17) is 4.84 Å². The van der Waals surface area contributed by atoms with Crippen LogP contribution in [0.3, 0.4) is 0 Å². The summed E-state index contributed by atoms with van der Waals surface area (Å²) in [6.07, 6.45) is 11.4. The van der Waals surface area contributed by atoms with Gasteiger partial charge in [0.05, 0.1) is 12.3 Å². The van der Waals surface area contributed by atoms with Crippen molar-refractivity contribution >= 4 is 27.7 Å². The number of carbonyl (C=O) groups excluding carboxylic acids is 2. The third-order valence-corrected chi connectivity index (χ3v) is 8.40. The van der Waals surface area contributed by atoms with Crippen molar-refractivity contribution in [2.24, 2.45) is 17.8 Å². The lowest BCUT2D eigenvalue weighted by atomic mass is 9.76. The fraction of sp³-hybridized carbons (Fsp3) is 0.909. The number of hydrazine groups is 1. The summed E-state index contributed by atoms with van der Waals surface area (Å²) in [7, 11) is 0. The summed E-state index contributed by atoms with van der Waals surface area (Å²) in [5, 5.41) is 10.0. The second-order valence-electron chi connectivity index (χ2n) is 9.74. The Bertz CT molecular complexity index is 633. The first kappa shape index (κ1) is 24.3. The number of rotatable bonds is 9. The first-order valence-corrected chi connectivity index (χ1v) is 13.4. The van der Waals surface area contributed by atoms with E-state index in [0.29, 0.717) is 36.0 Å². The molecule has 0 bridgehead atoms. The molecule has 2 saturated carbocycles. The molecule has 0 aromatic heterocycles. The maximum Gasteiger partial charge on any atom is 0.237 e. The minimum Gasteiger partial charge on any atom is -0.356 e. The van der Waals surface area contributed by atoms with Crippen molar-refractivity contribution in [2.45, 2.75) is 94.0 Å². The number of fused-ring (bicyclic) bond motifs is 1. The third-order valence-electron chi connectivity index (χ3n) is 7.48. The monoisotopic (exact) mass is 514 g/mol. The molecule has 0 spiro atoms. The van der Waals surface area contributed by atoms with Crippen molar-refractivity contribution in [3.8, 4) is 0 Å². The van der Waals surface area contributed by atoms with Gasteiger partial charge in [-0.15, -0.1) is 0 Å². The van der Waals surface area contributed by atoms with Gasteiger partial charge in [0.15, 0.2) is 0 Å². The van der Waals surface area contributed by atoms with Crippen LogP contribution in [0, 0.1) is 17.8 Å². The molecule has 4 aliphatic rings. The molecule has 2 saturated heterocycles. The number of amides is 2. The molecule has 2 heterocycles. The topological polar surface area (TPSA) is 116 Å². The van der Waals surface area contributed by atoms with Gasteiger partial charge in [0.2, 0.25) is 11.8 Å². The van der Waals surface area contributed by atoms with E-state index in [2.05, 4.69) is 48.2 Å². The molecule has 32 heavy (non-hydrogen) atoms. The summed E-state index contributed by atoms with van der Waals surface area (Å²) in [6, 6.07) is 0. The number of hydroxylamine groups is 1. The van der Waals surface area contributed by atoms with Gasteiger partial charge in [-0.3, -0.25) is 25.2 Å². The Morgan fingerprint density at radius 2 is 1.91 bits per heavy atom. The predicted molar refractivity (Wildman–Crippen MR) is 125 cm³/mol. The summed E-state index contributed by atoms with van der Waals surface area (Å²) >= 11 is 3.70. The molecule has 2 aliphatic heterocycles. The van der Waals surface area contributed by atoms with Crippen molar-refractivity contribution < 1.29 is 14.4 Å². The van der Waals surface area contributed by atoms with E-state index in [9.17, 15) is 9.59 Å². The van der Waals surface area contributed by atoms with E-state index in [1.165, 1.54) is 32.1 Å². The van der Waals surface area contributed by atoms with Crippen molar-refractivity contribution in [1.29, 1.82) is 0 Å². The lowest BCUT2D eigenvalue weighted by Crippen LogP contribution is -2.64. The molecule has 4 rings (SSSR count). The smallest absolute Gasteiger partial charge is 0.237 e. The maximum atomic E-state index is 12.2. The molecule has 182 valence electrons. The minimum atomic E-state index is -0.106. The SMILES string of the molecule is O=C(CCC1NC(C2CCC(Br)CC2)NO1)NCCCNC1NNC(=O)C2CCCCC12. The highest BCUT2D eigenvalue weighted by molar-refractivity contribution is 9.09. The van der Waals surface area contributed by atoms with E-state index >= 15 is 0 Å². The van der Waals surface area contributed by atoms with Gasteiger partial charge < -0.3 is 10.6 Å². The van der Waals surface area contributed by atoms with E-state index in [-0.39, 0.29) is 36.3 Å². The number of nitrogens with one attached hydrogen (secondary N) is 6. The maximum absolute atomic E-state index is 12.2. The van der Waals surface area contributed by atoms with Gasteiger partial charge >= 0.3 is 0 Å². The number of carbonyl (C=O) groups is 2. The average Bonchev–Trinajstić information content (AvgIpc) is 3.28. The number of alkyl halides is 1. The first-order valence-electron chi connectivity index (χ1n) is 12.5. The van der Waals surface area contributed by atoms with Gasteiger partial charge in [-0.1, -0.05) is 28.8 Å². The van der Waals surface area contributed by atoms with Crippen LogP contribution in [-0.4, -0.2) is 48.3 Å². The molecule has 2 aliphatic carbocycles. The number of hydrogen-bond donors (Lipinski definition) is 6. The van der Waals surface area contributed by atoms with E-state index in [1.807, 2.05) is 0 Å². The zero-order valence-corrected chi connectivity index (χ0v) is 20.4.